The molecule has 12 heteroatoms. The van der Waals surface area contributed by atoms with Gasteiger partial charge in [-0.2, -0.15) is 17.5 Å². The second kappa shape index (κ2) is 8.87. The van der Waals surface area contributed by atoms with E-state index in [2.05, 4.69) is 15.6 Å². The van der Waals surface area contributed by atoms with Gasteiger partial charge in [-0.25, -0.2) is 8.42 Å². The minimum atomic E-state index is -5.27. The molecule has 0 aromatic rings. The maximum Gasteiger partial charge on any atom is 0.511 e. The number of sulfonamides is 1. The van der Waals surface area contributed by atoms with E-state index in [1.165, 1.54) is 0 Å². The van der Waals surface area contributed by atoms with Gasteiger partial charge in [-0.1, -0.05) is 0 Å². The maximum atomic E-state index is 12.6. The molecule has 0 radical (unpaired) electrons. The van der Waals surface area contributed by atoms with Gasteiger partial charge in [0.1, 0.15) is 0 Å². The number of nitrogens with zero attached hydrogens (tertiary/aromatic N) is 2. The quantitative estimate of drug-likeness (QED) is 0.512. The molecule has 0 aliphatic carbocycles. The fourth-order valence-corrected chi connectivity index (χ4v) is 4.23. The lowest BCUT2D eigenvalue weighted by Gasteiger charge is -2.32. The van der Waals surface area contributed by atoms with Crippen molar-refractivity contribution in [3.63, 3.8) is 0 Å². The molecule has 154 valence electrons. The molecular weight excluding hydrogens is 393 g/mol. The van der Waals surface area contributed by atoms with E-state index in [1.807, 2.05) is 20.8 Å². The Labute approximate surface area is 155 Å². The standard InChI is InChI=1S/C14H27F3N4O3S2/c1-13(2,3)25(22)10-7-19-12(18-4)20-11-5-8-21(9-6-11)26(23,24)14(15,16)17/h11H,5-10H2,1-4H3,(H2,18,19,20). The van der Waals surface area contributed by atoms with E-state index in [9.17, 15) is 25.8 Å². The van der Waals surface area contributed by atoms with Gasteiger partial charge < -0.3 is 10.6 Å². The van der Waals surface area contributed by atoms with E-state index in [-0.39, 0.29) is 36.7 Å². The number of hydrogen-bond acceptors (Lipinski definition) is 4. The van der Waals surface area contributed by atoms with Crippen LogP contribution in [0.3, 0.4) is 0 Å². The average molecular weight is 421 g/mol. The zero-order chi connectivity index (χ0) is 20.2. The highest BCUT2D eigenvalue weighted by Gasteiger charge is 2.50. The van der Waals surface area contributed by atoms with Gasteiger partial charge in [0.2, 0.25) is 0 Å². The summed E-state index contributed by atoms with van der Waals surface area (Å²) in [6.45, 7) is 5.69. The molecule has 0 bridgehead atoms. The zero-order valence-corrected chi connectivity index (χ0v) is 17.0. The number of hydrogen-bond donors (Lipinski definition) is 2. The Kier molecular flexibility index (Phi) is 7.90. The van der Waals surface area contributed by atoms with Crippen LogP contribution >= 0.6 is 0 Å². The van der Waals surface area contributed by atoms with Gasteiger partial charge in [0, 0.05) is 54.0 Å². The molecule has 1 aliphatic heterocycles. The van der Waals surface area contributed by atoms with Crippen molar-refractivity contribution in [2.45, 2.75) is 49.9 Å². The van der Waals surface area contributed by atoms with Crippen LogP contribution in [0.5, 0.6) is 0 Å². The molecule has 0 spiro atoms. The highest BCUT2D eigenvalue weighted by molar-refractivity contribution is 7.90. The summed E-state index contributed by atoms with van der Waals surface area (Å²) in [7, 11) is -4.72. The van der Waals surface area contributed by atoms with Crippen molar-refractivity contribution in [3.8, 4) is 0 Å². The number of halogens is 3. The predicted octanol–water partition coefficient (Wildman–Crippen LogP) is 1.01. The molecule has 0 amide bonds. The fraction of sp³-hybridized carbons (Fsp3) is 0.929. The number of guanidine groups is 1. The van der Waals surface area contributed by atoms with Crippen molar-refractivity contribution in [3.05, 3.63) is 0 Å². The summed E-state index contributed by atoms with van der Waals surface area (Å²) in [4.78, 5) is 4.03. The van der Waals surface area contributed by atoms with Gasteiger partial charge >= 0.3 is 15.5 Å². The SMILES string of the molecule is CN=C(NCCS(=O)C(C)(C)C)NC1CCN(S(=O)(=O)C(F)(F)F)CC1. The lowest BCUT2D eigenvalue weighted by molar-refractivity contribution is -0.0494. The number of piperidine rings is 1. The third-order valence-electron chi connectivity index (χ3n) is 3.91. The van der Waals surface area contributed by atoms with E-state index in [1.54, 1.807) is 7.05 Å². The first kappa shape index (κ1) is 23.2. The van der Waals surface area contributed by atoms with Gasteiger partial charge in [0.15, 0.2) is 5.96 Å². The Morgan fingerprint density at radius 2 is 1.77 bits per heavy atom. The molecule has 1 fully saturated rings. The largest absolute Gasteiger partial charge is 0.511 e. The van der Waals surface area contributed by atoms with Gasteiger partial charge in [0.05, 0.1) is 0 Å². The number of rotatable bonds is 5. The monoisotopic (exact) mass is 420 g/mol. The lowest BCUT2D eigenvalue weighted by Crippen LogP contribution is -2.52. The molecule has 0 aromatic carbocycles. The first-order valence-corrected chi connectivity index (χ1v) is 11.0. The topological polar surface area (TPSA) is 90.9 Å². The smallest absolute Gasteiger partial charge is 0.355 e. The number of aliphatic imine (C=N–C) groups is 1. The minimum Gasteiger partial charge on any atom is -0.355 e. The molecule has 2 N–H and O–H groups in total. The zero-order valence-electron chi connectivity index (χ0n) is 15.4. The molecule has 26 heavy (non-hydrogen) atoms. The summed E-state index contributed by atoms with van der Waals surface area (Å²) < 4.78 is 72.6. The summed E-state index contributed by atoms with van der Waals surface area (Å²) >= 11 is 0. The van der Waals surface area contributed by atoms with Crippen LogP contribution in [0, 0.1) is 0 Å². The van der Waals surface area contributed by atoms with E-state index in [0.717, 1.165) is 0 Å². The van der Waals surface area contributed by atoms with Crippen LogP contribution in [-0.2, 0) is 20.8 Å². The van der Waals surface area contributed by atoms with Crippen molar-refractivity contribution < 1.29 is 25.8 Å². The summed E-state index contributed by atoms with van der Waals surface area (Å²) in [6.07, 6.45) is 0.480. The molecule has 7 nitrogen and oxygen atoms in total. The van der Waals surface area contributed by atoms with E-state index < -0.39 is 26.3 Å². The van der Waals surface area contributed by atoms with Gasteiger partial charge in [-0.05, 0) is 33.6 Å². The Morgan fingerprint density at radius 3 is 2.19 bits per heavy atom. The van der Waals surface area contributed by atoms with E-state index >= 15 is 0 Å². The van der Waals surface area contributed by atoms with Crippen LogP contribution < -0.4 is 10.6 Å². The first-order chi connectivity index (χ1) is 11.8. The van der Waals surface area contributed by atoms with Gasteiger partial charge in [-0.3, -0.25) is 9.20 Å². The molecule has 1 atom stereocenters. The molecule has 1 rings (SSSR count). The van der Waals surface area contributed by atoms with Crippen molar-refractivity contribution in [1.29, 1.82) is 0 Å². The van der Waals surface area contributed by atoms with Crippen molar-refractivity contribution in [2.75, 3.05) is 32.4 Å². The molecule has 1 heterocycles. The van der Waals surface area contributed by atoms with Gasteiger partial charge in [0.25, 0.3) is 0 Å². The normalized spacial score (nSPS) is 20.0. The van der Waals surface area contributed by atoms with Crippen LogP contribution in [0.1, 0.15) is 33.6 Å². The fourth-order valence-electron chi connectivity index (χ4n) is 2.34. The number of nitrogens with one attached hydrogen (secondary N) is 2. The molecule has 1 saturated heterocycles. The van der Waals surface area contributed by atoms with Crippen molar-refractivity contribution >= 4 is 26.8 Å². The molecule has 1 unspecified atom stereocenters. The van der Waals surface area contributed by atoms with Crippen LogP contribution in [0.25, 0.3) is 0 Å². The predicted molar refractivity (Wildman–Crippen MR) is 96.8 cm³/mol. The minimum absolute atomic E-state index is 0.186. The average Bonchev–Trinajstić information content (AvgIpc) is 2.52. The number of alkyl halides is 3. The summed E-state index contributed by atoms with van der Waals surface area (Å²) in [5.41, 5.74) is -5.27. The maximum absolute atomic E-state index is 12.6. The third kappa shape index (κ3) is 6.38. The van der Waals surface area contributed by atoms with Crippen molar-refractivity contribution in [1.82, 2.24) is 14.9 Å². The molecule has 1 aliphatic rings. The Morgan fingerprint density at radius 1 is 1.23 bits per heavy atom. The van der Waals surface area contributed by atoms with E-state index in [0.29, 0.717) is 22.6 Å². The first-order valence-electron chi connectivity index (χ1n) is 8.21. The third-order valence-corrected chi connectivity index (χ3v) is 7.48. The second-order valence-electron chi connectivity index (χ2n) is 6.93. The highest BCUT2D eigenvalue weighted by atomic mass is 32.2. The molecule has 0 aromatic heterocycles. The Balaban J connectivity index is 2.47. The Hall–Kier alpha value is -0.880. The van der Waals surface area contributed by atoms with Crippen LogP contribution in [0.15, 0.2) is 4.99 Å². The molecule has 0 saturated carbocycles. The highest BCUT2D eigenvalue weighted by Crippen LogP contribution is 2.28. The second-order valence-corrected chi connectivity index (χ2v) is 11.2. The lowest BCUT2D eigenvalue weighted by atomic mass is 10.1. The van der Waals surface area contributed by atoms with Gasteiger partial charge in [-0.15, -0.1) is 0 Å². The molecular formula is C14H27F3N4O3S2. The Bertz CT molecular complexity index is 622. The summed E-state index contributed by atoms with van der Waals surface area (Å²) in [6, 6.07) is -0.186. The summed E-state index contributed by atoms with van der Waals surface area (Å²) in [5, 5.41) is 6.09. The van der Waals surface area contributed by atoms with Crippen LogP contribution in [0.2, 0.25) is 0 Å². The van der Waals surface area contributed by atoms with E-state index in [4.69, 9.17) is 0 Å². The van der Waals surface area contributed by atoms with Crippen molar-refractivity contribution in [2.24, 2.45) is 4.99 Å². The summed E-state index contributed by atoms with van der Waals surface area (Å²) in [5.74, 6) is 0.889. The van der Waals surface area contributed by atoms with Crippen LogP contribution in [0.4, 0.5) is 13.2 Å². The van der Waals surface area contributed by atoms with Crippen LogP contribution in [-0.4, -0.2) is 71.6 Å².